The third kappa shape index (κ3) is 3.31. The van der Waals surface area contributed by atoms with Gasteiger partial charge in [0.15, 0.2) is 0 Å². The highest BCUT2D eigenvalue weighted by atomic mass is 32.1. The number of benzene rings is 1. The Morgan fingerprint density at radius 1 is 1.38 bits per heavy atom. The van der Waals surface area contributed by atoms with E-state index in [-0.39, 0.29) is 11.7 Å². The number of likely N-dealkylation sites (tertiary alicyclic amines) is 1. The molecule has 1 aliphatic heterocycles. The summed E-state index contributed by atoms with van der Waals surface area (Å²) < 4.78 is 14.0. The second-order valence-corrected chi connectivity index (χ2v) is 6.70. The van der Waals surface area contributed by atoms with Crippen molar-refractivity contribution in [2.45, 2.75) is 32.2 Å². The predicted molar refractivity (Wildman–Crippen MR) is 90.2 cm³/mol. The van der Waals surface area contributed by atoms with Crippen LogP contribution in [-0.2, 0) is 9.59 Å². The number of carbonyl (C=O) groups excluding carboxylic acids is 2. The fraction of sp³-hybridized carbons (Fsp3) is 0.353. The van der Waals surface area contributed by atoms with Crippen LogP contribution < -0.4 is 5.32 Å². The summed E-state index contributed by atoms with van der Waals surface area (Å²) in [6.07, 6.45) is 4.31. The summed E-state index contributed by atoms with van der Waals surface area (Å²) in [7, 11) is 0. The van der Waals surface area contributed by atoms with Crippen molar-refractivity contribution >= 4 is 28.8 Å². The number of rotatable bonds is 2. The van der Waals surface area contributed by atoms with Gasteiger partial charge in [-0.2, -0.15) is 0 Å². The SMILES string of the molecule is Cc1cccc(NC(=O)C(=O)N2CCCC[C@@H]2c2nccs2)c1F. The van der Waals surface area contributed by atoms with Crippen LogP contribution in [0.2, 0.25) is 0 Å². The van der Waals surface area contributed by atoms with Crippen LogP contribution in [0.1, 0.15) is 35.9 Å². The molecule has 1 atom stereocenters. The maximum absolute atomic E-state index is 14.0. The molecule has 24 heavy (non-hydrogen) atoms. The van der Waals surface area contributed by atoms with Crippen molar-refractivity contribution in [1.82, 2.24) is 9.88 Å². The molecule has 0 radical (unpaired) electrons. The van der Waals surface area contributed by atoms with Crippen molar-refractivity contribution in [3.05, 3.63) is 46.2 Å². The van der Waals surface area contributed by atoms with E-state index in [0.717, 1.165) is 24.3 Å². The number of anilines is 1. The Bertz CT molecular complexity index is 748. The van der Waals surface area contributed by atoms with Gasteiger partial charge < -0.3 is 10.2 Å². The lowest BCUT2D eigenvalue weighted by atomic mass is 10.0. The summed E-state index contributed by atoms with van der Waals surface area (Å²) >= 11 is 1.47. The maximum atomic E-state index is 14.0. The molecule has 0 bridgehead atoms. The molecule has 1 aromatic heterocycles. The minimum atomic E-state index is -0.817. The van der Waals surface area contributed by atoms with Crippen molar-refractivity contribution in [3.63, 3.8) is 0 Å². The Morgan fingerprint density at radius 2 is 2.21 bits per heavy atom. The molecule has 0 spiro atoms. The van der Waals surface area contributed by atoms with E-state index < -0.39 is 17.6 Å². The molecule has 2 aromatic rings. The van der Waals surface area contributed by atoms with E-state index in [0.29, 0.717) is 12.1 Å². The first-order chi connectivity index (χ1) is 11.6. The molecule has 3 rings (SSSR count). The Labute approximate surface area is 143 Å². The Hall–Kier alpha value is -2.28. The first kappa shape index (κ1) is 16.6. The zero-order valence-corrected chi connectivity index (χ0v) is 14.1. The summed E-state index contributed by atoms with van der Waals surface area (Å²) in [5, 5.41) is 5.08. The van der Waals surface area contributed by atoms with Gasteiger partial charge in [0.2, 0.25) is 0 Å². The van der Waals surface area contributed by atoms with Crippen LogP contribution in [0.15, 0.2) is 29.8 Å². The van der Waals surface area contributed by atoms with E-state index in [1.54, 1.807) is 30.2 Å². The summed E-state index contributed by atoms with van der Waals surface area (Å²) in [5.41, 5.74) is 0.440. The number of nitrogens with one attached hydrogen (secondary N) is 1. The number of aromatic nitrogens is 1. The van der Waals surface area contributed by atoms with Crippen molar-refractivity contribution in [2.75, 3.05) is 11.9 Å². The lowest BCUT2D eigenvalue weighted by Gasteiger charge is -2.33. The average molecular weight is 347 g/mol. The fourth-order valence-electron chi connectivity index (χ4n) is 2.88. The van der Waals surface area contributed by atoms with Crippen LogP contribution in [0.25, 0.3) is 0 Å². The van der Waals surface area contributed by atoms with E-state index in [2.05, 4.69) is 10.3 Å². The highest BCUT2D eigenvalue weighted by Gasteiger charge is 2.33. The van der Waals surface area contributed by atoms with Gasteiger partial charge in [-0.15, -0.1) is 11.3 Å². The van der Waals surface area contributed by atoms with Gasteiger partial charge in [-0.1, -0.05) is 12.1 Å². The zero-order valence-electron chi connectivity index (χ0n) is 13.3. The summed E-state index contributed by atoms with van der Waals surface area (Å²) in [6, 6.07) is 4.51. The highest BCUT2D eigenvalue weighted by Crippen LogP contribution is 2.32. The molecule has 7 heteroatoms. The largest absolute Gasteiger partial charge is 0.325 e. The topological polar surface area (TPSA) is 62.3 Å². The van der Waals surface area contributed by atoms with Gasteiger partial charge in [0, 0.05) is 18.1 Å². The lowest BCUT2D eigenvalue weighted by molar-refractivity contribution is -0.145. The van der Waals surface area contributed by atoms with Crippen LogP contribution in [0.4, 0.5) is 10.1 Å². The third-order valence-corrected chi connectivity index (χ3v) is 5.01. The number of hydrogen-bond acceptors (Lipinski definition) is 4. The molecule has 1 N–H and O–H groups in total. The second kappa shape index (κ2) is 7.09. The van der Waals surface area contributed by atoms with Gasteiger partial charge in [-0.25, -0.2) is 9.37 Å². The second-order valence-electron chi connectivity index (χ2n) is 5.77. The average Bonchev–Trinajstić information content (AvgIpc) is 3.12. The Kier molecular flexibility index (Phi) is 4.89. The first-order valence-electron chi connectivity index (χ1n) is 7.84. The molecule has 0 unspecified atom stereocenters. The monoisotopic (exact) mass is 347 g/mol. The number of piperidine rings is 1. The molecule has 1 aliphatic rings. The van der Waals surface area contributed by atoms with Crippen LogP contribution in [0.5, 0.6) is 0 Å². The molecular formula is C17H18FN3O2S. The molecular weight excluding hydrogens is 329 g/mol. The normalized spacial score (nSPS) is 17.6. The van der Waals surface area contributed by atoms with Gasteiger partial charge in [0.1, 0.15) is 10.8 Å². The third-order valence-electron chi connectivity index (χ3n) is 4.13. The summed E-state index contributed by atoms with van der Waals surface area (Å²) in [5.74, 6) is -1.98. The van der Waals surface area contributed by atoms with Gasteiger partial charge in [0.25, 0.3) is 0 Å². The van der Waals surface area contributed by atoms with E-state index in [9.17, 15) is 14.0 Å². The van der Waals surface area contributed by atoms with Crippen molar-refractivity contribution < 1.29 is 14.0 Å². The van der Waals surface area contributed by atoms with Crippen LogP contribution in [0, 0.1) is 12.7 Å². The van der Waals surface area contributed by atoms with E-state index in [1.165, 1.54) is 17.4 Å². The number of nitrogens with zero attached hydrogens (tertiary/aromatic N) is 2. The zero-order chi connectivity index (χ0) is 17.1. The van der Waals surface area contributed by atoms with Crippen LogP contribution in [-0.4, -0.2) is 28.2 Å². The van der Waals surface area contributed by atoms with Gasteiger partial charge in [-0.05, 0) is 37.8 Å². The molecule has 1 saturated heterocycles. The molecule has 2 heterocycles. The van der Waals surface area contributed by atoms with E-state index in [1.807, 2.05) is 5.38 Å². The number of hydrogen-bond donors (Lipinski definition) is 1. The first-order valence-corrected chi connectivity index (χ1v) is 8.72. The van der Waals surface area contributed by atoms with Crippen molar-refractivity contribution in [3.8, 4) is 0 Å². The quantitative estimate of drug-likeness (QED) is 0.848. The molecule has 5 nitrogen and oxygen atoms in total. The number of aryl methyl sites for hydroxylation is 1. The van der Waals surface area contributed by atoms with Crippen LogP contribution >= 0.6 is 11.3 Å². The number of halogens is 1. The Balaban J connectivity index is 1.76. The molecule has 0 aliphatic carbocycles. The fourth-order valence-corrected chi connectivity index (χ4v) is 3.67. The number of amides is 2. The maximum Gasteiger partial charge on any atom is 0.314 e. The standard InChI is InChI=1S/C17H18FN3O2S/c1-11-5-4-6-12(14(11)18)20-15(22)17(23)21-9-3-2-7-13(21)16-19-8-10-24-16/h4-6,8,10,13H,2-3,7,9H2,1H3,(H,20,22)/t13-/m1/s1. The van der Waals surface area contributed by atoms with Gasteiger partial charge in [0.05, 0.1) is 11.7 Å². The van der Waals surface area contributed by atoms with Gasteiger partial charge in [-0.3, -0.25) is 9.59 Å². The molecule has 126 valence electrons. The smallest absolute Gasteiger partial charge is 0.314 e. The molecule has 1 fully saturated rings. The van der Waals surface area contributed by atoms with E-state index in [4.69, 9.17) is 0 Å². The molecule has 1 aromatic carbocycles. The minimum Gasteiger partial charge on any atom is -0.325 e. The molecule has 0 saturated carbocycles. The highest BCUT2D eigenvalue weighted by molar-refractivity contribution is 7.09. The molecule has 2 amide bonds. The number of thiazole rings is 1. The van der Waals surface area contributed by atoms with Crippen molar-refractivity contribution in [1.29, 1.82) is 0 Å². The van der Waals surface area contributed by atoms with Crippen LogP contribution in [0.3, 0.4) is 0 Å². The Morgan fingerprint density at radius 3 is 2.96 bits per heavy atom. The van der Waals surface area contributed by atoms with E-state index >= 15 is 0 Å². The number of carbonyl (C=O) groups is 2. The predicted octanol–water partition coefficient (Wildman–Crippen LogP) is 3.28. The minimum absolute atomic E-state index is 0.0242. The van der Waals surface area contributed by atoms with Crippen molar-refractivity contribution in [2.24, 2.45) is 0 Å². The lowest BCUT2D eigenvalue weighted by Crippen LogP contribution is -2.44. The summed E-state index contributed by atoms with van der Waals surface area (Å²) in [6.45, 7) is 2.11. The van der Waals surface area contributed by atoms with Gasteiger partial charge >= 0.3 is 11.8 Å². The summed E-state index contributed by atoms with van der Waals surface area (Å²) in [4.78, 5) is 30.7.